The zero-order valence-corrected chi connectivity index (χ0v) is 13.7. The summed E-state index contributed by atoms with van der Waals surface area (Å²) in [5, 5.41) is 3.74. The molecule has 112 valence electrons. The fourth-order valence-corrected chi connectivity index (χ4v) is 4.98. The third-order valence-corrected chi connectivity index (χ3v) is 6.27. The molecular weight excluding hydrogens is 230 g/mol. The van der Waals surface area contributed by atoms with Crippen LogP contribution >= 0.6 is 0 Å². The molecule has 4 atom stereocenters. The van der Waals surface area contributed by atoms with E-state index >= 15 is 0 Å². The Morgan fingerprint density at radius 3 is 2.53 bits per heavy atom. The summed E-state index contributed by atoms with van der Waals surface area (Å²) in [5.74, 6) is 2.83. The van der Waals surface area contributed by atoms with Gasteiger partial charge in [-0.25, -0.2) is 0 Å². The average molecular weight is 265 g/mol. The van der Waals surface area contributed by atoms with Crippen LogP contribution in [0, 0.1) is 23.2 Å². The van der Waals surface area contributed by atoms with Gasteiger partial charge in [0.1, 0.15) is 0 Å². The van der Waals surface area contributed by atoms with E-state index in [1.54, 1.807) is 0 Å². The number of hydrogen-bond acceptors (Lipinski definition) is 1. The van der Waals surface area contributed by atoms with Gasteiger partial charge in [-0.1, -0.05) is 52.9 Å². The Balaban J connectivity index is 2.05. The Hall–Kier alpha value is -0.0400. The second-order valence-corrected chi connectivity index (χ2v) is 7.86. The maximum absolute atomic E-state index is 3.74. The molecule has 2 rings (SSSR count). The molecule has 4 unspecified atom stereocenters. The van der Waals surface area contributed by atoms with Crippen molar-refractivity contribution in [2.75, 3.05) is 7.05 Å². The van der Waals surface area contributed by atoms with Crippen LogP contribution in [0.2, 0.25) is 0 Å². The van der Waals surface area contributed by atoms with Crippen LogP contribution in [0.1, 0.15) is 78.6 Å². The third kappa shape index (κ3) is 3.54. The molecule has 0 bridgehead atoms. The SMILES string of the molecule is CCC1CCCC(C(NC)C2CCCCC2(C)C)C1. The van der Waals surface area contributed by atoms with E-state index in [-0.39, 0.29) is 0 Å². The zero-order chi connectivity index (χ0) is 13.9. The lowest BCUT2D eigenvalue weighted by molar-refractivity contribution is 0.0582. The maximum Gasteiger partial charge on any atom is 0.0126 e. The fraction of sp³-hybridized carbons (Fsp3) is 1.00. The maximum atomic E-state index is 3.74. The minimum Gasteiger partial charge on any atom is -0.316 e. The Bertz CT molecular complexity index is 271. The second-order valence-electron chi connectivity index (χ2n) is 7.86. The minimum atomic E-state index is 0.547. The molecule has 0 heterocycles. The molecule has 19 heavy (non-hydrogen) atoms. The van der Waals surface area contributed by atoms with E-state index < -0.39 is 0 Å². The molecule has 2 aliphatic rings. The van der Waals surface area contributed by atoms with Crippen molar-refractivity contribution in [3.05, 3.63) is 0 Å². The molecule has 0 aromatic rings. The predicted molar refractivity (Wildman–Crippen MR) is 84.3 cm³/mol. The summed E-state index contributed by atoms with van der Waals surface area (Å²) in [6.45, 7) is 7.41. The molecule has 0 amide bonds. The molecule has 0 aliphatic heterocycles. The van der Waals surface area contributed by atoms with Crippen LogP contribution in [-0.4, -0.2) is 13.1 Å². The molecule has 2 fully saturated rings. The van der Waals surface area contributed by atoms with Gasteiger partial charge in [0, 0.05) is 6.04 Å². The largest absolute Gasteiger partial charge is 0.316 e. The van der Waals surface area contributed by atoms with Crippen molar-refractivity contribution in [2.24, 2.45) is 23.2 Å². The molecule has 0 spiro atoms. The van der Waals surface area contributed by atoms with Gasteiger partial charge < -0.3 is 5.32 Å². The number of nitrogens with one attached hydrogen (secondary N) is 1. The average Bonchev–Trinajstić information content (AvgIpc) is 2.41. The molecule has 1 nitrogen and oxygen atoms in total. The Kier molecular flexibility index (Phi) is 5.34. The standard InChI is InChI=1S/C18H35N/c1-5-14-9-8-10-15(13-14)17(19-4)16-11-6-7-12-18(16,2)3/h14-17,19H,5-13H2,1-4H3. The second kappa shape index (κ2) is 6.61. The lowest BCUT2D eigenvalue weighted by Crippen LogP contribution is -2.48. The first kappa shape index (κ1) is 15.4. The van der Waals surface area contributed by atoms with Gasteiger partial charge in [0.05, 0.1) is 0 Å². The number of hydrogen-bond donors (Lipinski definition) is 1. The van der Waals surface area contributed by atoms with Crippen molar-refractivity contribution in [1.29, 1.82) is 0 Å². The molecule has 2 saturated carbocycles. The van der Waals surface area contributed by atoms with Gasteiger partial charge in [-0.2, -0.15) is 0 Å². The van der Waals surface area contributed by atoms with E-state index in [9.17, 15) is 0 Å². The molecule has 1 N–H and O–H groups in total. The van der Waals surface area contributed by atoms with Crippen molar-refractivity contribution in [3.63, 3.8) is 0 Å². The summed E-state index contributed by atoms with van der Waals surface area (Å²) in [6, 6.07) is 0.768. The van der Waals surface area contributed by atoms with Crippen LogP contribution in [-0.2, 0) is 0 Å². The van der Waals surface area contributed by atoms with Crippen LogP contribution in [0.3, 0.4) is 0 Å². The highest BCUT2D eigenvalue weighted by Crippen LogP contribution is 2.46. The Morgan fingerprint density at radius 1 is 1.11 bits per heavy atom. The number of rotatable bonds is 4. The minimum absolute atomic E-state index is 0.547. The van der Waals surface area contributed by atoms with E-state index in [2.05, 4.69) is 33.1 Å². The smallest absolute Gasteiger partial charge is 0.0126 e. The fourth-order valence-electron chi connectivity index (χ4n) is 4.98. The van der Waals surface area contributed by atoms with Gasteiger partial charge in [-0.15, -0.1) is 0 Å². The van der Waals surface area contributed by atoms with E-state index in [1.165, 1.54) is 57.8 Å². The monoisotopic (exact) mass is 265 g/mol. The van der Waals surface area contributed by atoms with Gasteiger partial charge in [0.25, 0.3) is 0 Å². The molecular formula is C18H35N. The van der Waals surface area contributed by atoms with Crippen molar-refractivity contribution >= 4 is 0 Å². The van der Waals surface area contributed by atoms with E-state index in [4.69, 9.17) is 0 Å². The highest BCUT2D eigenvalue weighted by molar-refractivity contribution is 4.94. The van der Waals surface area contributed by atoms with E-state index in [0.29, 0.717) is 5.41 Å². The summed E-state index contributed by atoms with van der Waals surface area (Å²) < 4.78 is 0. The lowest BCUT2D eigenvalue weighted by atomic mass is 9.61. The molecule has 0 aromatic heterocycles. The summed E-state index contributed by atoms with van der Waals surface area (Å²) in [5.41, 5.74) is 0.547. The van der Waals surface area contributed by atoms with Crippen molar-refractivity contribution in [3.8, 4) is 0 Å². The van der Waals surface area contributed by atoms with Gasteiger partial charge >= 0.3 is 0 Å². The van der Waals surface area contributed by atoms with Gasteiger partial charge in [0.2, 0.25) is 0 Å². The zero-order valence-electron chi connectivity index (χ0n) is 13.7. The van der Waals surface area contributed by atoms with E-state index in [1.807, 2.05) is 0 Å². The first-order valence-corrected chi connectivity index (χ1v) is 8.75. The normalized spacial score (nSPS) is 36.9. The van der Waals surface area contributed by atoms with Crippen molar-refractivity contribution in [2.45, 2.75) is 84.6 Å². The topological polar surface area (TPSA) is 12.0 Å². The van der Waals surface area contributed by atoms with E-state index in [0.717, 1.165) is 23.8 Å². The van der Waals surface area contributed by atoms with Crippen LogP contribution in [0.5, 0.6) is 0 Å². The first-order valence-electron chi connectivity index (χ1n) is 8.75. The van der Waals surface area contributed by atoms with Gasteiger partial charge in [0.15, 0.2) is 0 Å². The van der Waals surface area contributed by atoms with Crippen LogP contribution in [0.4, 0.5) is 0 Å². The highest BCUT2D eigenvalue weighted by Gasteiger charge is 2.40. The molecule has 0 aromatic carbocycles. The van der Waals surface area contributed by atoms with Crippen molar-refractivity contribution < 1.29 is 0 Å². The van der Waals surface area contributed by atoms with Crippen LogP contribution in [0.25, 0.3) is 0 Å². The highest BCUT2D eigenvalue weighted by atomic mass is 14.9. The quantitative estimate of drug-likeness (QED) is 0.753. The lowest BCUT2D eigenvalue weighted by Gasteiger charge is -2.47. The third-order valence-electron chi connectivity index (χ3n) is 6.27. The summed E-state index contributed by atoms with van der Waals surface area (Å²) >= 11 is 0. The predicted octanol–water partition coefficient (Wildman–Crippen LogP) is 5.01. The summed E-state index contributed by atoms with van der Waals surface area (Å²) in [4.78, 5) is 0. The van der Waals surface area contributed by atoms with Gasteiger partial charge in [-0.3, -0.25) is 0 Å². The summed E-state index contributed by atoms with van der Waals surface area (Å²) in [6.07, 6.45) is 13.1. The summed E-state index contributed by atoms with van der Waals surface area (Å²) in [7, 11) is 2.21. The first-order chi connectivity index (χ1) is 9.08. The van der Waals surface area contributed by atoms with Crippen LogP contribution < -0.4 is 5.32 Å². The van der Waals surface area contributed by atoms with Gasteiger partial charge in [-0.05, 0) is 55.9 Å². The Morgan fingerprint density at radius 2 is 1.89 bits per heavy atom. The van der Waals surface area contributed by atoms with Crippen LogP contribution in [0.15, 0.2) is 0 Å². The molecule has 0 saturated heterocycles. The molecule has 2 aliphatic carbocycles. The molecule has 0 radical (unpaired) electrons. The molecule has 1 heteroatoms. The Labute approximate surface area is 120 Å². The van der Waals surface area contributed by atoms with Crippen molar-refractivity contribution in [1.82, 2.24) is 5.32 Å².